The summed E-state index contributed by atoms with van der Waals surface area (Å²) in [4.78, 5) is 25.0. The number of carboxylic acids is 1. The van der Waals surface area contributed by atoms with Crippen LogP contribution in [0.4, 0.5) is 14.9 Å². The molecule has 1 atom stereocenters. The molecule has 1 heterocycles. The van der Waals surface area contributed by atoms with Gasteiger partial charge in [0.15, 0.2) is 0 Å². The molecular weight excluding hydrogens is 343 g/mol. The second kappa shape index (κ2) is 6.01. The van der Waals surface area contributed by atoms with Crippen LogP contribution in [0.25, 0.3) is 0 Å². The van der Waals surface area contributed by atoms with E-state index in [1.165, 1.54) is 23.1 Å². The molecule has 0 saturated carbocycles. The Hall–Kier alpha value is -1.63. The highest BCUT2D eigenvalue weighted by Crippen LogP contribution is 2.34. The molecule has 5 nitrogen and oxygen atoms in total. The molecule has 0 aliphatic carbocycles. The third-order valence-corrected chi connectivity index (χ3v) is 4.55. The molecular formula is C14H16BrFN2O3. The lowest BCUT2D eigenvalue weighted by atomic mass is 9.84. The molecule has 1 aromatic rings. The molecule has 2 amide bonds. The van der Waals surface area contributed by atoms with Crippen LogP contribution in [0.3, 0.4) is 0 Å². The zero-order valence-electron chi connectivity index (χ0n) is 11.5. The number of carboxylic acid groups (broad SMARTS) is 1. The van der Waals surface area contributed by atoms with E-state index in [0.717, 1.165) is 0 Å². The molecule has 1 aliphatic rings. The van der Waals surface area contributed by atoms with Gasteiger partial charge in [-0.3, -0.25) is 4.79 Å². The lowest BCUT2D eigenvalue weighted by Gasteiger charge is -2.23. The summed E-state index contributed by atoms with van der Waals surface area (Å²) in [6, 6.07) is 3.80. The van der Waals surface area contributed by atoms with Crippen LogP contribution in [0.15, 0.2) is 22.7 Å². The van der Waals surface area contributed by atoms with Crippen LogP contribution in [0.2, 0.25) is 0 Å². The Morgan fingerprint density at radius 2 is 2.24 bits per heavy atom. The quantitative estimate of drug-likeness (QED) is 0.870. The highest BCUT2D eigenvalue weighted by Gasteiger charge is 2.44. The summed E-state index contributed by atoms with van der Waals surface area (Å²) in [5, 5.41) is 12.0. The lowest BCUT2D eigenvalue weighted by Crippen LogP contribution is -2.38. The number of nitrogens with zero attached hydrogens (tertiary/aromatic N) is 1. The van der Waals surface area contributed by atoms with Crippen molar-refractivity contribution in [1.82, 2.24) is 4.90 Å². The fraction of sp³-hybridized carbons (Fsp3) is 0.429. The topological polar surface area (TPSA) is 69.6 Å². The van der Waals surface area contributed by atoms with Crippen LogP contribution in [0.1, 0.15) is 19.8 Å². The SMILES string of the molecule is CCC1(C(=O)O)CCN(C(=O)Nc2ccc(F)c(Br)c2)C1. The van der Waals surface area contributed by atoms with Gasteiger partial charge in [-0.2, -0.15) is 0 Å². The Morgan fingerprint density at radius 1 is 1.52 bits per heavy atom. The average Bonchev–Trinajstić information content (AvgIpc) is 2.89. The highest BCUT2D eigenvalue weighted by atomic mass is 79.9. The number of urea groups is 1. The van der Waals surface area contributed by atoms with Crippen molar-refractivity contribution in [3.05, 3.63) is 28.5 Å². The molecule has 1 aromatic carbocycles. The maximum absolute atomic E-state index is 13.1. The van der Waals surface area contributed by atoms with E-state index in [-0.39, 0.29) is 17.0 Å². The van der Waals surface area contributed by atoms with Gasteiger partial charge < -0.3 is 15.3 Å². The van der Waals surface area contributed by atoms with E-state index < -0.39 is 17.2 Å². The molecule has 2 rings (SSSR count). The van der Waals surface area contributed by atoms with Crippen molar-refractivity contribution in [2.24, 2.45) is 5.41 Å². The second-order valence-corrected chi connectivity index (χ2v) is 6.02. The second-order valence-electron chi connectivity index (χ2n) is 5.17. The van der Waals surface area contributed by atoms with Crippen LogP contribution < -0.4 is 5.32 Å². The van der Waals surface area contributed by atoms with Gasteiger partial charge in [0.2, 0.25) is 0 Å². The number of nitrogens with one attached hydrogen (secondary N) is 1. The number of hydrogen-bond donors (Lipinski definition) is 2. The third-order valence-electron chi connectivity index (χ3n) is 3.94. The van der Waals surface area contributed by atoms with Crippen molar-refractivity contribution in [1.29, 1.82) is 0 Å². The smallest absolute Gasteiger partial charge is 0.321 e. The predicted octanol–water partition coefficient (Wildman–Crippen LogP) is 3.31. The van der Waals surface area contributed by atoms with Gasteiger partial charge in [-0.25, -0.2) is 9.18 Å². The molecule has 7 heteroatoms. The first kappa shape index (κ1) is 15.8. The number of likely N-dealkylation sites (tertiary alicyclic amines) is 1. The molecule has 1 aliphatic heterocycles. The number of carbonyl (C=O) groups is 2. The summed E-state index contributed by atoms with van der Waals surface area (Å²) in [6.07, 6.45) is 0.924. The van der Waals surface area contributed by atoms with Crippen LogP contribution in [-0.4, -0.2) is 35.1 Å². The van der Waals surface area contributed by atoms with Gasteiger partial charge in [-0.15, -0.1) is 0 Å². The summed E-state index contributed by atoms with van der Waals surface area (Å²) in [5.74, 6) is -1.28. The van der Waals surface area contributed by atoms with Gasteiger partial charge in [-0.05, 0) is 47.0 Å². The molecule has 1 saturated heterocycles. The maximum Gasteiger partial charge on any atom is 0.321 e. The fourth-order valence-corrected chi connectivity index (χ4v) is 2.82. The Labute approximate surface area is 130 Å². The minimum atomic E-state index is -0.871. The Balaban J connectivity index is 2.05. The Morgan fingerprint density at radius 3 is 2.76 bits per heavy atom. The zero-order valence-corrected chi connectivity index (χ0v) is 13.1. The molecule has 0 spiro atoms. The van der Waals surface area contributed by atoms with E-state index in [1.54, 1.807) is 0 Å². The zero-order chi connectivity index (χ0) is 15.6. The van der Waals surface area contributed by atoms with Gasteiger partial charge in [0.05, 0.1) is 9.89 Å². The fourth-order valence-electron chi connectivity index (χ4n) is 2.44. The van der Waals surface area contributed by atoms with Gasteiger partial charge in [0.25, 0.3) is 0 Å². The van der Waals surface area contributed by atoms with Crippen LogP contribution in [-0.2, 0) is 4.79 Å². The summed E-state index contributed by atoms with van der Waals surface area (Å²) >= 11 is 3.05. The maximum atomic E-state index is 13.1. The molecule has 0 bridgehead atoms. The van der Waals surface area contributed by atoms with Crippen molar-refractivity contribution < 1.29 is 19.1 Å². The molecule has 1 unspecified atom stereocenters. The van der Waals surface area contributed by atoms with Crippen molar-refractivity contribution in [2.75, 3.05) is 18.4 Å². The first-order valence-corrected chi connectivity index (χ1v) is 7.41. The largest absolute Gasteiger partial charge is 0.481 e. The van der Waals surface area contributed by atoms with Crippen LogP contribution >= 0.6 is 15.9 Å². The first-order valence-electron chi connectivity index (χ1n) is 6.62. The van der Waals surface area contributed by atoms with E-state index in [1.807, 2.05) is 6.92 Å². The number of benzene rings is 1. The molecule has 1 fully saturated rings. The normalized spacial score (nSPS) is 21.4. The molecule has 0 aromatic heterocycles. The van der Waals surface area contributed by atoms with Gasteiger partial charge in [0.1, 0.15) is 5.82 Å². The molecule has 0 radical (unpaired) electrons. The molecule has 21 heavy (non-hydrogen) atoms. The number of aliphatic carboxylic acids is 1. The standard InChI is InChI=1S/C14H16BrFN2O3/c1-2-14(12(19)20)5-6-18(8-14)13(21)17-9-3-4-11(16)10(15)7-9/h3-4,7H,2,5-6,8H2,1H3,(H,17,21)(H,19,20). The summed E-state index contributed by atoms with van der Waals surface area (Å²) < 4.78 is 13.4. The number of amides is 2. The number of carbonyl (C=O) groups excluding carboxylic acids is 1. The molecule has 2 N–H and O–H groups in total. The van der Waals surface area contributed by atoms with E-state index >= 15 is 0 Å². The van der Waals surface area contributed by atoms with E-state index in [4.69, 9.17) is 0 Å². The summed E-state index contributed by atoms with van der Waals surface area (Å²) in [6.45, 7) is 2.40. The van der Waals surface area contributed by atoms with Crippen LogP contribution in [0.5, 0.6) is 0 Å². The number of hydrogen-bond acceptors (Lipinski definition) is 2. The summed E-state index contributed by atoms with van der Waals surface area (Å²) in [5.41, 5.74) is -0.404. The van der Waals surface area contributed by atoms with Gasteiger partial charge in [0, 0.05) is 18.8 Å². The van der Waals surface area contributed by atoms with Crippen LogP contribution in [0, 0.1) is 11.2 Å². The summed E-state index contributed by atoms with van der Waals surface area (Å²) in [7, 11) is 0. The van der Waals surface area contributed by atoms with E-state index in [0.29, 0.717) is 25.1 Å². The predicted molar refractivity (Wildman–Crippen MR) is 79.7 cm³/mol. The van der Waals surface area contributed by atoms with Crippen molar-refractivity contribution in [3.8, 4) is 0 Å². The van der Waals surface area contributed by atoms with Gasteiger partial charge >= 0.3 is 12.0 Å². The van der Waals surface area contributed by atoms with E-state index in [9.17, 15) is 19.1 Å². The van der Waals surface area contributed by atoms with Gasteiger partial charge in [-0.1, -0.05) is 6.92 Å². The van der Waals surface area contributed by atoms with Crippen molar-refractivity contribution in [2.45, 2.75) is 19.8 Å². The number of rotatable bonds is 3. The number of anilines is 1. The molecule has 114 valence electrons. The van der Waals surface area contributed by atoms with Crippen molar-refractivity contribution >= 4 is 33.6 Å². The minimum absolute atomic E-state index is 0.188. The minimum Gasteiger partial charge on any atom is -0.481 e. The highest BCUT2D eigenvalue weighted by molar-refractivity contribution is 9.10. The lowest BCUT2D eigenvalue weighted by molar-refractivity contribution is -0.148. The number of halogens is 2. The Bertz CT molecular complexity index is 581. The third kappa shape index (κ3) is 3.18. The average molecular weight is 359 g/mol. The Kier molecular flexibility index (Phi) is 4.51. The van der Waals surface area contributed by atoms with E-state index in [2.05, 4.69) is 21.2 Å². The first-order chi connectivity index (χ1) is 9.88. The monoisotopic (exact) mass is 358 g/mol. The van der Waals surface area contributed by atoms with Crippen molar-refractivity contribution in [3.63, 3.8) is 0 Å².